The maximum atomic E-state index is 10.2. The molecular formula is C27H46O. The first-order valence-electron chi connectivity index (χ1n) is 12.6. The van der Waals surface area contributed by atoms with Crippen LogP contribution >= 0.6 is 0 Å². The first kappa shape index (κ1) is 21.0. The van der Waals surface area contributed by atoms with Gasteiger partial charge in [-0.15, -0.1) is 0 Å². The highest BCUT2D eigenvalue weighted by atomic mass is 16.3. The van der Waals surface area contributed by atoms with Gasteiger partial charge >= 0.3 is 0 Å². The predicted molar refractivity (Wildman–Crippen MR) is 119 cm³/mol. The molecule has 3 saturated carbocycles. The molecule has 1 N–H and O–H groups in total. The Bertz CT molecular complexity index is 591. The van der Waals surface area contributed by atoms with Crippen LogP contribution in [0.2, 0.25) is 0 Å². The lowest BCUT2D eigenvalue weighted by Gasteiger charge is -2.58. The molecular weight excluding hydrogens is 340 g/mol. The maximum Gasteiger partial charge on any atom is 0.0577 e. The number of aliphatic hydroxyl groups is 1. The normalized spacial score (nSPS) is 46.5. The second-order valence-electron chi connectivity index (χ2n) is 12.2. The summed E-state index contributed by atoms with van der Waals surface area (Å²) >= 11 is 0. The molecule has 0 amide bonds. The fourth-order valence-corrected chi connectivity index (χ4v) is 8.67. The van der Waals surface area contributed by atoms with Crippen LogP contribution in [0.15, 0.2) is 11.6 Å². The summed E-state index contributed by atoms with van der Waals surface area (Å²) in [7, 11) is 0. The van der Waals surface area contributed by atoms with E-state index in [0.717, 1.165) is 48.3 Å². The van der Waals surface area contributed by atoms with Gasteiger partial charge in [0.25, 0.3) is 0 Å². The monoisotopic (exact) mass is 386 g/mol. The van der Waals surface area contributed by atoms with Gasteiger partial charge in [-0.05, 0) is 97.7 Å². The maximum absolute atomic E-state index is 10.2. The Morgan fingerprint density at radius 1 is 1.00 bits per heavy atom. The van der Waals surface area contributed by atoms with E-state index in [2.05, 4.69) is 40.7 Å². The summed E-state index contributed by atoms with van der Waals surface area (Å²) in [5.41, 5.74) is 2.60. The van der Waals surface area contributed by atoms with Gasteiger partial charge in [-0.2, -0.15) is 0 Å². The fourth-order valence-electron chi connectivity index (χ4n) is 8.67. The van der Waals surface area contributed by atoms with Crippen molar-refractivity contribution >= 4 is 0 Å². The van der Waals surface area contributed by atoms with E-state index in [0.29, 0.717) is 10.8 Å². The molecule has 0 saturated heterocycles. The highest BCUT2D eigenvalue weighted by Crippen LogP contribution is 2.67. The summed E-state index contributed by atoms with van der Waals surface area (Å²) in [5.74, 6) is 5.46. The molecule has 3 fully saturated rings. The van der Waals surface area contributed by atoms with Gasteiger partial charge in [0.05, 0.1) is 6.10 Å². The zero-order chi connectivity index (χ0) is 20.1. The topological polar surface area (TPSA) is 20.2 Å². The Hall–Kier alpha value is -0.300. The van der Waals surface area contributed by atoms with Crippen molar-refractivity contribution < 1.29 is 5.11 Å². The highest BCUT2D eigenvalue weighted by Gasteiger charge is 2.59. The molecule has 0 aromatic rings. The molecule has 1 heteroatoms. The lowest BCUT2D eigenvalue weighted by atomic mass is 9.47. The minimum absolute atomic E-state index is 0.0766. The van der Waals surface area contributed by atoms with E-state index in [9.17, 15) is 5.11 Å². The lowest BCUT2D eigenvalue weighted by molar-refractivity contribution is -0.0573. The van der Waals surface area contributed by atoms with Gasteiger partial charge in [0.1, 0.15) is 0 Å². The number of fused-ring (bicyclic) bond motifs is 5. The van der Waals surface area contributed by atoms with Gasteiger partial charge in [-0.1, -0.05) is 65.5 Å². The molecule has 0 spiro atoms. The van der Waals surface area contributed by atoms with Crippen molar-refractivity contribution in [2.45, 2.75) is 111 Å². The van der Waals surface area contributed by atoms with Crippen LogP contribution in [0.4, 0.5) is 0 Å². The zero-order valence-electron chi connectivity index (χ0n) is 19.3. The molecule has 6 unspecified atom stereocenters. The fraction of sp³-hybridized carbons (Fsp3) is 0.926. The third-order valence-electron chi connectivity index (χ3n) is 10.3. The third kappa shape index (κ3) is 3.42. The second-order valence-corrected chi connectivity index (χ2v) is 12.2. The smallest absolute Gasteiger partial charge is 0.0577 e. The van der Waals surface area contributed by atoms with Gasteiger partial charge in [0.2, 0.25) is 0 Å². The predicted octanol–water partition coefficient (Wildman–Crippen LogP) is 7.39. The Labute approximate surface area is 174 Å². The Kier molecular flexibility index (Phi) is 5.80. The Morgan fingerprint density at radius 3 is 2.54 bits per heavy atom. The van der Waals surface area contributed by atoms with Crippen LogP contribution in [-0.4, -0.2) is 11.2 Å². The summed E-state index contributed by atoms with van der Waals surface area (Å²) in [6.07, 6.45) is 17.2. The van der Waals surface area contributed by atoms with E-state index in [1.807, 2.05) is 0 Å². The van der Waals surface area contributed by atoms with Crippen molar-refractivity contribution in [3.8, 4) is 0 Å². The Balaban J connectivity index is 1.49. The average molecular weight is 387 g/mol. The third-order valence-corrected chi connectivity index (χ3v) is 10.3. The largest absolute Gasteiger partial charge is 0.393 e. The van der Waals surface area contributed by atoms with E-state index >= 15 is 0 Å². The van der Waals surface area contributed by atoms with Crippen LogP contribution in [0.1, 0.15) is 105 Å². The number of hydrogen-bond donors (Lipinski definition) is 1. The van der Waals surface area contributed by atoms with E-state index in [-0.39, 0.29) is 6.10 Å². The summed E-state index contributed by atoms with van der Waals surface area (Å²) in [6.45, 7) is 12.6. The first-order chi connectivity index (χ1) is 13.3. The van der Waals surface area contributed by atoms with Crippen molar-refractivity contribution in [1.82, 2.24) is 0 Å². The number of rotatable bonds is 5. The minimum Gasteiger partial charge on any atom is -0.393 e. The van der Waals surface area contributed by atoms with Gasteiger partial charge in [-0.3, -0.25) is 0 Å². The molecule has 0 bridgehead atoms. The van der Waals surface area contributed by atoms with Crippen molar-refractivity contribution in [3.63, 3.8) is 0 Å². The standard InChI is InChI=1S/C27H46O/c1-18(2)7-6-8-19(3)23-11-12-24-22-10-9-20-17-21(28)13-15-26(20,4)25(22)14-16-27(23,24)5/h9,18-19,21-25,28H,6-8,10-17H2,1-5H3/t19?,21?,22-,23?,24?,25?,26-,27?/m1/s1. The molecule has 1 nitrogen and oxygen atoms in total. The SMILES string of the molecule is CC(C)CCCC(C)C1CCC2[C@H]3CC=C4CC(O)CC[C@@]4(C)C3CCC12C. The van der Waals surface area contributed by atoms with Crippen molar-refractivity contribution in [2.75, 3.05) is 0 Å². The lowest BCUT2D eigenvalue weighted by Crippen LogP contribution is -2.50. The second kappa shape index (κ2) is 7.75. The molecule has 4 aliphatic carbocycles. The first-order valence-corrected chi connectivity index (χ1v) is 12.6. The van der Waals surface area contributed by atoms with Crippen molar-refractivity contribution in [2.24, 2.45) is 46.3 Å². The van der Waals surface area contributed by atoms with Crippen LogP contribution in [0.25, 0.3) is 0 Å². The number of allylic oxidation sites excluding steroid dienone is 1. The van der Waals surface area contributed by atoms with Crippen LogP contribution in [0.5, 0.6) is 0 Å². The quantitative estimate of drug-likeness (QED) is 0.488. The highest BCUT2D eigenvalue weighted by molar-refractivity contribution is 5.25. The van der Waals surface area contributed by atoms with Gasteiger partial charge in [-0.25, -0.2) is 0 Å². The molecule has 0 aliphatic heterocycles. The van der Waals surface area contributed by atoms with E-state index in [1.54, 1.807) is 5.57 Å². The van der Waals surface area contributed by atoms with Crippen molar-refractivity contribution in [1.29, 1.82) is 0 Å². The average Bonchev–Trinajstić information content (AvgIpc) is 2.99. The molecule has 4 rings (SSSR count). The Morgan fingerprint density at radius 2 is 1.79 bits per heavy atom. The summed E-state index contributed by atoms with van der Waals surface area (Å²) < 4.78 is 0. The van der Waals surface area contributed by atoms with Crippen LogP contribution in [0.3, 0.4) is 0 Å². The molecule has 0 aromatic heterocycles. The van der Waals surface area contributed by atoms with Gasteiger partial charge < -0.3 is 5.11 Å². The summed E-state index contributed by atoms with van der Waals surface area (Å²) in [5, 5.41) is 10.2. The number of aliphatic hydroxyl groups excluding tert-OH is 1. The van der Waals surface area contributed by atoms with Crippen molar-refractivity contribution in [3.05, 3.63) is 11.6 Å². The number of hydrogen-bond acceptors (Lipinski definition) is 1. The summed E-state index contributed by atoms with van der Waals surface area (Å²) in [4.78, 5) is 0. The zero-order valence-corrected chi connectivity index (χ0v) is 19.3. The van der Waals surface area contributed by atoms with Crippen LogP contribution in [-0.2, 0) is 0 Å². The van der Waals surface area contributed by atoms with Crippen LogP contribution < -0.4 is 0 Å². The molecule has 4 aliphatic rings. The van der Waals surface area contributed by atoms with E-state index < -0.39 is 0 Å². The molecule has 0 radical (unpaired) electrons. The van der Waals surface area contributed by atoms with Gasteiger partial charge in [0, 0.05) is 0 Å². The van der Waals surface area contributed by atoms with E-state index in [4.69, 9.17) is 0 Å². The molecule has 160 valence electrons. The molecule has 8 atom stereocenters. The molecule has 0 aromatic carbocycles. The molecule has 0 heterocycles. The summed E-state index contributed by atoms with van der Waals surface area (Å²) in [6, 6.07) is 0. The minimum atomic E-state index is -0.0766. The van der Waals surface area contributed by atoms with Crippen LogP contribution in [0, 0.1) is 46.3 Å². The van der Waals surface area contributed by atoms with Gasteiger partial charge in [0.15, 0.2) is 0 Å². The molecule has 28 heavy (non-hydrogen) atoms. The van der Waals surface area contributed by atoms with E-state index in [1.165, 1.54) is 57.8 Å².